The lowest BCUT2D eigenvalue weighted by Crippen LogP contribution is -2.30. The highest BCUT2D eigenvalue weighted by Gasteiger charge is 2.06. The summed E-state index contributed by atoms with van der Waals surface area (Å²) in [5.41, 5.74) is 1.47. The van der Waals surface area contributed by atoms with E-state index in [1.54, 1.807) is 25.1 Å². The van der Waals surface area contributed by atoms with E-state index in [1.807, 2.05) is 6.07 Å². The Morgan fingerprint density at radius 3 is 2.93 bits per heavy atom. The average Bonchev–Trinajstić information content (AvgIpc) is 2.26. The van der Waals surface area contributed by atoms with Gasteiger partial charge >= 0.3 is 0 Å². The molecule has 1 aromatic carbocycles. The van der Waals surface area contributed by atoms with Gasteiger partial charge < -0.3 is 10.4 Å². The van der Waals surface area contributed by atoms with Crippen molar-refractivity contribution >= 4 is 17.5 Å². The Kier molecular flexibility index (Phi) is 4.59. The van der Waals surface area contributed by atoms with Crippen LogP contribution in [0.4, 0.5) is 0 Å². The lowest BCUT2D eigenvalue weighted by atomic mass is 10.1. The fourth-order valence-corrected chi connectivity index (χ4v) is 1.30. The number of carbonyl (C=O) groups is 1. The molecule has 0 fully saturated rings. The molecule has 1 amide bonds. The summed E-state index contributed by atoms with van der Waals surface area (Å²) in [4.78, 5) is 11.6. The van der Waals surface area contributed by atoms with Crippen molar-refractivity contribution < 1.29 is 9.90 Å². The van der Waals surface area contributed by atoms with Gasteiger partial charge in [0.25, 0.3) is 5.91 Å². The summed E-state index contributed by atoms with van der Waals surface area (Å²) in [5, 5.41) is 11.6. The number of nitrogens with one attached hydrogen (secondary N) is 1. The highest BCUT2D eigenvalue weighted by Crippen LogP contribution is 2.07. The van der Waals surface area contributed by atoms with Crippen molar-refractivity contribution in [3.05, 3.63) is 35.4 Å². The van der Waals surface area contributed by atoms with Gasteiger partial charge in [-0.3, -0.25) is 4.79 Å². The minimum Gasteiger partial charge on any atom is -0.392 e. The van der Waals surface area contributed by atoms with Crippen molar-refractivity contribution in [1.82, 2.24) is 5.32 Å². The number of carbonyl (C=O) groups excluding carboxylic acids is 1. The van der Waals surface area contributed by atoms with Crippen molar-refractivity contribution in [3.63, 3.8) is 0 Å². The largest absolute Gasteiger partial charge is 0.392 e. The van der Waals surface area contributed by atoms with E-state index < -0.39 is 6.10 Å². The molecule has 82 valence electrons. The molecule has 0 aliphatic heterocycles. The van der Waals surface area contributed by atoms with E-state index in [1.165, 1.54) is 0 Å². The molecule has 0 saturated heterocycles. The van der Waals surface area contributed by atoms with Crippen molar-refractivity contribution in [2.24, 2.45) is 0 Å². The number of rotatable bonds is 4. The van der Waals surface area contributed by atoms with Crippen molar-refractivity contribution in [1.29, 1.82) is 0 Å². The van der Waals surface area contributed by atoms with E-state index in [4.69, 9.17) is 16.7 Å². The number of aliphatic hydroxyl groups is 1. The summed E-state index contributed by atoms with van der Waals surface area (Å²) < 4.78 is 0. The number of aliphatic hydroxyl groups excluding tert-OH is 1. The second kappa shape index (κ2) is 5.73. The van der Waals surface area contributed by atoms with Gasteiger partial charge in [0.15, 0.2) is 0 Å². The Labute approximate surface area is 94.1 Å². The van der Waals surface area contributed by atoms with E-state index in [9.17, 15) is 4.79 Å². The molecule has 15 heavy (non-hydrogen) atoms. The first-order valence-corrected chi connectivity index (χ1v) is 5.28. The SMILES string of the molecule is C[C@H](O)CNC(=O)c1cccc(CCl)c1. The van der Waals surface area contributed by atoms with Crippen LogP contribution in [0.25, 0.3) is 0 Å². The molecule has 1 aromatic rings. The van der Waals surface area contributed by atoms with Gasteiger partial charge in [-0.2, -0.15) is 0 Å². The molecule has 3 nitrogen and oxygen atoms in total. The van der Waals surface area contributed by atoms with Crippen LogP contribution in [0.1, 0.15) is 22.8 Å². The third-order valence-corrected chi connectivity index (χ3v) is 2.21. The summed E-state index contributed by atoms with van der Waals surface area (Å²) in [7, 11) is 0. The van der Waals surface area contributed by atoms with Gasteiger partial charge in [-0.25, -0.2) is 0 Å². The number of halogens is 1. The Morgan fingerprint density at radius 2 is 2.33 bits per heavy atom. The van der Waals surface area contributed by atoms with Gasteiger partial charge in [0.05, 0.1) is 6.10 Å². The predicted molar refractivity (Wildman–Crippen MR) is 60.0 cm³/mol. The first-order chi connectivity index (χ1) is 7.13. The van der Waals surface area contributed by atoms with Crippen LogP contribution in [0.2, 0.25) is 0 Å². The molecule has 1 rings (SSSR count). The summed E-state index contributed by atoms with van der Waals surface area (Å²) >= 11 is 5.66. The predicted octanol–water partition coefficient (Wildman–Crippen LogP) is 1.54. The highest BCUT2D eigenvalue weighted by atomic mass is 35.5. The summed E-state index contributed by atoms with van der Waals surface area (Å²) in [5.74, 6) is 0.195. The van der Waals surface area contributed by atoms with Crippen molar-refractivity contribution in [2.45, 2.75) is 18.9 Å². The molecule has 0 radical (unpaired) electrons. The second-order valence-corrected chi connectivity index (χ2v) is 3.66. The Hall–Kier alpha value is -1.06. The lowest BCUT2D eigenvalue weighted by molar-refractivity contribution is 0.0924. The quantitative estimate of drug-likeness (QED) is 0.767. The molecule has 0 unspecified atom stereocenters. The zero-order valence-electron chi connectivity index (χ0n) is 8.53. The van der Waals surface area contributed by atoms with Gasteiger partial charge in [0, 0.05) is 18.0 Å². The molecule has 0 saturated carbocycles. The second-order valence-electron chi connectivity index (χ2n) is 3.39. The van der Waals surface area contributed by atoms with Crippen LogP contribution >= 0.6 is 11.6 Å². The van der Waals surface area contributed by atoms with Crippen LogP contribution in [0, 0.1) is 0 Å². The van der Waals surface area contributed by atoms with Crippen LogP contribution in [0.15, 0.2) is 24.3 Å². The third-order valence-electron chi connectivity index (χ3n) is 1.90. The smallest absolute Gasteiger partial charge is 0.251 e. The lowest BCUT2D eigenvalue weighted by Gasteiger charge is -2.07. The molecule has 0 heterocycles. The minimum atomic E-state index is -0.537. The molecule has 0 aliphatic rings. The van der Waals surface area contributed by atoms with Gasteiger partial charge in [0.2, 0.25) is 0 Å². The van der Waals surface area contributed by atoms with Crippen LogP contribution in [-0.4, -0.2) is 23.7 Å². The Balaban J connectivity index is 2.65. The normalized spacial score (nSPS) is 12.2. The number of benzene rings is 1. The maximum Gasteiger partial charge on any atom is 0.251 e. The average molecular weight is 228 g/mol. The van der Waals surface area contributed by atoms with Crippen molar-refractivity contribution in [3.8, 4) is 0 Å². The fraction of sp³-hybridized carbons (Fsp3) is 0.364. The van der Waals surface area contributed by atoms with Gasteiger partial charge in [-0.05, 0) is 24.6 Å². The molecular formula is C11H14ClNO2. The zero-order valence-corrected chi connectivity index (χ0v) is 9.29. The van der Waals surface area contributed by atoms with E-state index in [2.05, 4.69) is 5.32 Å². The van der Waals surface area contributed by atoms with Crippen LogP contribution in [0.3, 0.4) is 0 Å². The highest BCUT2D eigenvalue weighted by molar-refractivity contribution is 6.17. The fourth-order valence-electron chi connectivity index (χ4n) is 1.14. The molecule has 1 atom stereocenters. The molecular weight excluding hydrogens is 214 g/mol. The van der Waals surface area contributed by atoms with Gasteiger partial charge in [-0.15, -0.1) is 11.6 Å². The van der Waals surface area contributed by atoms with Crippen LogP contribution in [0.5, 0.6) is 0 Å². The van der Waals surface area contributed by atoms with Crippen LogP contribution in [-0.2, 0) is 5.88 Å². The first kappa shape index (κ1) is 12.0. The Bertz CT molecular complexity index is 339. The number of hydrogen-bond donors (Lipinski definition) is 2. The Morgan fingerprint density at radius 1 is 1.60 bits per heavy atom. The summed E-state index contributed by atoms with van der Waals surface area (Å²) in [6.45, 7) is 1.87. The maximum absolute atomic E-state index is 11.6. The summed E-state index contributed by atoms with van der Waals surface area (Å²) in [6.07, 6.45) is -0.537. The number of hydrogen-bond acceptors (Lipinski definition) is 2. The molecule has 0 spiro atoms. The molecule has 2 N–H and O–H groups in total. The van der Waals surface area contributed by atoms with E-state index in [-0.39, 0.29) is 12.5 Å². The standard InChI is InChI=1S/C11H14ClNO2/c1-8(14)7-13-11(15)10-4-2-3-9(5-10)6-12/h2-5,8,14H,6-7H2,1H3,(H,13,15)/t8-/m0/s1. The molecule has 0 aliphatic carbocycles. The monoisotopic (exact) mass is 227 g/mol. The minimum absolute atomic E-state index is 0.192. The molecule has 0 aromatic heterocycles. The zero-order chi connectivity index (χ0) is 11.3. The number of amides is 1. The maximum atomic E-state index is 11.6. The molecule has 4 heteroatoms. The third kappa shape index (κ3) is 3.90. The first-order valence-electron chi connectivity index (χ1n) is 4.74. The van der Waals surface area contributed by atoms with E-state index in [0.717, 1.165) is 5.56 Å². The van der Waals surface area contributed by atoms with Crippen molar-refractivity contribution in [2.75, 3.05) is 6.54 Å². The van der Waals surface area contributed by atoms with E-state index in [0.29, 0.717) is 11.4 Å². The summed E-state index contributed by atoms with van der Waals surface area (Å²) in [6, 6.07) is 7.10. The van der Waals surface area contributed by atoms with E-state index >= 15 is 0 Å². The molecule has 0 bridgehead atoms. The number of alkyl halides is 1. The van der Waals surface area contributed by atoms with Gasteiger partial charge in [-0.1, -0.05) is 12.1 Å². The van der Waals surface area contributed by atoms with Gasteiger partial charge in [0.1, 0.15) is 0 Å². The topological polar surface area (TPSA) is 49.3 Å². The van der Waals surface area contributed by atoms with Crippen LogP contribution < -0.4 is 5.32 Å².